The quantitative estimate of drug-likeness (QED) is 0.697. The molecule has 0 saturated heterocycles. The van der Waals surface area contributed by atoms with Gasteiger partial charge in [-0.25, -0.2) is 9.59 Å². The number of anilines is 1. The van der Waals surface area contributed by atoms with Gasteiger partial charge in [-0.2, -0.15) is 0 Å². The second kappa shape index (κ2) is 8.02. The first-order valence-corrected chi connectivity index (χ1v) is 8.61. The molecule has 2 rings (SSSR count). The van der Waals surface area contributed by atoms with Gasteiger partial charge in [0, 0.05) is 11.4 Å². The Morgan fingerprint density at radius 3 is 2.76 bits per heavy atom. The minimum atomic E-state index is -1.14. The average Bonchev–Trinajstić information content (AvgIpc) is 2.55. The van der Waals surface area contributed by atoms with Crippen LogP contribution in [-0.2, 0) is 14.3 Å². The van der Waals surface area contributed by atoms with Gasteiger partial charge in [-0.15, -0.1) is 11.8 Å². The molecule has 0 saturated carbocycles. The highest BCUT2D eigenvalue weighted by molar-refractivity contribution is 8.00. The van der Waals surface area contributed by atoms with Crippen LogP contribution in [0.5, 0.6) is 0 Å². The Kier molecular flexibility index (Phi) is 6.02. The Bertz CT molecular complexity index is 722. The van der Waals surface area contributed by atoms with Crippen LogP contribution in [0.1, 0.15) is 31.1 Å². The smallest absolute Gasteiger partial charge is 0.338 e. The molecular weight excluding hydrogens is 346 g/mol. The standard InChI is InChI=1S/C16H19N3O5S/c1-4-17-16(23)19-13(20)8(2)24-15(22)10-5-6-12-11(7-10)18-14(21)9(3)25-12/h5-9H,4H2,1-3H3,(H,18,21)(H2,17,19,20,23). The lowest BCUT2D eigenvalue weighted by Gasteiger charge is -2.21. The number of ether oxygens (including phenoxy) is 1. The highest BCUT2D eigenvalue weighted by Gasteiger charge is 2.25. The molecule has 0 spiro atoms. The van der Waals surface area contributed by atoms with Crippen LogP contribution in [0.15, 0.2) is 23.1 Å². The van der Waals surface area contributed by atoms with Crippen LogP contribution in [0.3, 0.4) is 0 Å². The third-order valence-electron chi connectivity index (χ3n) is 3.37. The molecule has 1 heterocycles. The molecule has 4 amide bonds. The molecule has 8 nitrogen and oxygen atoms in total. The van der Waals surface area contributed by atoms with Crippen molar-refractivity contribution in [2.75, 3.05) is 11.9 Å². The number of nitrogens with one attached hydrogen (secondary N) is 3. The Morgan fingerprint density at radius 1 is 1.36 bits per heavy atom. The second-order valence-corrected chi connectivity index (χ2v) is 6.74. The van der Waals surface area contributed by atoms with E-state index in [-0.39, 0.29) is 16.7 Å². The van der Waals surface area contributed by atoms with E-state index >= 15 is 0 Å². The van der Waals surface area contributed by atoms with Crippen LogP contribution < -0.4 is 16.0 Å². The summed E-state index contributed by atoms with van der Waals surface area (Å²) in [4.78, 5) is 47.9. The van der Waals surface area contributed by atoms with Gasteiger partial charge in [-0.05, 0) is 39.0 Å². The zero-order chi connectivity index (χ0) is 18.6. The highest BCUT2D eigenvalue weighted by Crippen LogP contribution is 2.36. The van der Waals surface area contributed by atoms with Crippen molar-refractivity contribution in [1.82, 2.24) is 10.6 Å². The number of amides is 4. The SMILES string of the molecule is CCNC(=O)NC(=O)C(C)OC(=O)c1ccc2c(c1)NC(=O)C(C)S2. The molecule has 1 aromatic carbocycles. The van der Waals surface area contributed by atoms with E-state index in [1.807, 2.05) is 0 Å². The van der Waals surface area contributed by atoms with E-state index in [4.69, 9.17) is 4.74 Å². The second-order valence-electron chi connectivity index (χ2n) is 5.36. The Labute approximate surface area is 149 Å². The van der Waals surface area contributed by atoms with Crippen molar-refractivity contribution in [2.24, 2.45) is 0 Å². The van der Waals surface area contributed by atoms with Crippen molar-refractivity contribution in [2.45, 2.75) is 37.0 Å². The fourth-order valence-electron chi connectivity index (χ4n) is 2.04. The minimum absolute atomic E-state index is 0.141. The van der Waals surface area contributed by atoms with Gasteiger partial charge in [-0.1, -0.05) is 0 Å². The van der Waals surface area contributed by atoms with Crippen LogP contribution >= 0.6 is 11.8 Å². The van der Waals surface area contributed by atoms with E-state index in [2.05, 4.69) is 16.0 Å². The van der Waals surface area contributed by atoms with Gasteiger partial charge < -0.3 is 15.4 Å². The number of hydrogen-bond donors (Lipinski definition) is 3. The first kappa shape index (κ1) is 18.8. The van der Waals surface area contributed by atoms with Crippen molar-refractivity contribution in [3.63, 3.8) is 0 Å². The first-order valence-electron chi connectivity index (χ1n) is 7.73. The molecule has 25 heavy (non-hydrogen) atoms. The number of carbonyl (C=O) groups excluding carboxylic acids is 4. The number of urea groups is 1. The maximum Gasteiger partial charge on any atom is 0.338 e. The summed E-state index contributed by atoms with van der Waals surface area (Å²) in [6, 6.07) is 4.12. The molecule has 3 N–H and O–H groups in total. The lowest BCUT2D eigenvalue weighted by molar-refractivity contribution is -0.127. The molecule has 0 bridgehead atoms. The van der Waals surface area contributed by atoms with E-state index in [0.717, 1.165) is 4.90 Å². The molecule has 1 aromatic rings. The average molecular weight is 365 g/mol. The molecule has 0 fully saturated rings. The zero-order valence-electron chi connectivity index (χ0n) is 14.0. The summed E-state index contributed by atoms with van der Waals surface area (Å²) in [6.07, 6.45) is -1.14. The van der Waals surface area contributed by atoms with Gasteiger partial charge in [0.25, 0.3) is 5.91 Å². The summed E-state index contributed by atoms with van der Waals surface area (Å²) < 4.78 is 5.07. The summed E-state index contributed by atoms with van der Waals surface area (Å²) in [5.41, 5.74) is 0.730. The van der Waals surface area contributed by atoms with Gasteiger partial charge in [-0.3, -0.25) is 14.9 Å². The van der Waals surface area contributed by atoms with E-state index in [9.17, 15) is 19.2 Å². The number of esters is 1. The number of fused-ring (bicyclic) bond motifs is 1. The third kappa shape index (κ3) is 4.72. The summed E-state index contributed by atoms with van der Waals surface area (Å²) in [6.45, 7) is 5.23. The topological polar surface area (TPSA) is 114 Å². The number of carbonyl (C=O) groups is 4. The number of rotatable bonds is 4. The van der Waals surface area contributed by atoms with Crippen LogP contribution in [0.4, 0.5) is 10.5 Å². The summed E-state index contributed by atoms with van der Waals surface area (Å²) in [7, 11) is 0. The van der Waals surface area contributed by atoms with Crippen LogP contribution in [0, 0.1) is 0 Å². The third-order valence-corrected chi connectivity index (χ3v) is 4.55. The van der Waals surface area contributed by atoms with E-state index in [0.29, 0.717) is 12.2 Å². The molecular formula is C16H19N3O5S. The molecule has 134 valence electrons. The van der Waals surface area contributed by atoms with Gasteiger partial charge in [0.2, 0.25) is 5.91 Å². The predicted octanol–water partition coefficient (Wildman–Crippen LogP) is 1.51. The largest absolute Gasteiger partial charge is 0.449 e. The van der Waals surface area contributed by atoms with Gasteiger partial charge in [0.05, 0.1) is 16.5 Å². The maximum atomic E-state index is 12.2. The van der Waals surface area contributed by atoms with Crippen LogP contribution in [0.25, 0.3) is 0 Å². The minimum Gasteiger partial charge on any atom is -0.449 e. The fraction of sp³-hybridized carbons (Fsp3) is 0.375. The molecule has 9 heteroatoms. The number of benzene rings is 1. The zero-order valence-corrected chi connectivity index (χ0v) is 14.9. The molecule has 0 radical (unpaired) electrons. The van der Waals surface area contributed by atoms with Gasteiger partial charge in [0.1, 0.15) is 0 Å². The van der Waals surface area contributed by atoms with Crippen molar-refractivity contribution >= 4 is 41.3 Å². The summed E-state index contributed by atoms with van der Waals surface area (Å²) in [5, 5.41) is 6.99. The Balaban J connectivity index is 2.01. The molecule has 0 aliphatic carbocycles. The van der Waals surface area contributed by atoms with Crippen molar-refractivity contribution < 1.29 is 23.9 Å². The van der Waals surface area contributed by atoms with Crippen LogP contribution in [-0.4, -0.2) is 41.7 Å². The van der Waals surface area contributed by atoms with Gasteiger partial charge >= 0.3 is 12.0 Å². The maximum absolute atomic E-state index is 12.2. The van der Waals surface area contributed by atoms with Crippen molar-refractivity contribution in [3.05, 3.63) is 23.8 Å². The normalized spacial score (nSPS) is 16.9. The highest BCUT2D eigenvalue weighted by atomic mass is 32.2. The summed E-state index contributed by atoms with van der Waals surface area (Å²) in [5.74, 6) is -1.59. The molecule has 2 atom stereocenters. The predicted molar refractivity (Wildman–Crippen MR) is 92.5 cm³/mol. The summed E-state index contributed by atoms with van der Waals surface area (Å²) >= 11 is 1.40. The lowest BCUT2D eigenvalue weighted by Crippen LogP contribution is -2.44. The Morgan fingerprint density at radius 2 is 2.08 bits per heavy atom. The van der Waals surface area contributed by atoms with Crippen molar-refractivity contribution in [3.8, 4) is 0 Å². The van der Waals surface area contributed by atoms with E-state index in [1.54, 1.807) is 26.0 Å². The Hall–Kier alpha value is -2.55. The lowest BCUT2D eigenvalue weighted by atomic mass is 10.2. The molecule has 1 aliphatic heterocycles. The molecule has 2 unspecified atom stereocenters. The van der Waals surface area contributed by atoms with Crippen LogP contribution in [0.2, 0.25) is 0 Å². The van der Waals surface area contributed by atoms with E-state index in [1.165, 1.54) is 24.8 Å². The number of thioether (sulfide) groups is 1. The number of hydrogen-bond acceptors (Lipinski definition) is 6. The monoisotopic (exact) mass is 365 g/mol. The first-order chi connectivity index (χ1) is 11.8. The van der Waals surface area contributed by atoms with E-state index < -0.39 is 24.0 Å². The number of imide groups is 1. The molecule has 0 aromatic heterocycles. The molecule has 1 aliphatic rings. The van der Waals surface area contributed by atoms with Crippen molar-refractivity contribution in [1.29, 1.82) is 0 Å². The fourth-order valence-corrected chi connectivity index (χ4v) is 2.97. The van der Waals surface area contributed by atoms with Gasteiger partial charge in [0.15, 0.2) is 6.10 Å².